The Morgan fingerprint density at radius 2 is 2.23 bits per heavy atom. The molecule has 13 heavy (non-hydrogen) atoms. The zero-order valence-corrected chi connectivity index (χ0v) is 9.28. The van der Waals surface area contributed by atoms with Crippen molar-refractivity contribution in [3.8, 4) is 0 Å². The van der Waals surface area contributed by atoms with Gasteiger partial charge in [-0.25, -0.2) is 0 Å². The number of nitrogens with one attached hydrogen (secondary N) is 1. The highest BCUT2D eigenvalue weighted by Crippen LogP contribution is 2.21. The molecule has 2 saturated heterocycles. The molecule has 2 rings (SSSR count). The normalized spacial score (nSPS) is 37.6. The van der Waals surface area contributed by atoms with Gasteiger partial charge in [0.1, 0.15) is 0 Å². The molecular weight excluding hydrogens is 180 g/mol. The minimum absolute atomic E-state index is 0.839. The maximum atomic E-state index is 3.45. The fraction of sp³-hybridized carbons (Fsp3) is 1.00. The molecule has 2 heterocycles. The van der Waals surface area contributed by atoms with Gasteiger partial charge in [-0.05, 0) is 25.9 Å². The average molecular weight is 200 g/mol. The molecule has 0 aromatic carbocycles. The van der Waals surface area contributed by atoms with Crippen LogP contribution in [0.2, 0.25) is 0 Å². The van der Waals surface area contributed by atoms with Crippen molar-refractivity contribution in [1.29, 1.82) is 0 Å². The Kier molecular flexibility index (Phi) is 3.52. The highest BCUT2D eigenvalue weighted by Gasteiger charge is 2.23. The van der Waals surface area contributed by atoms with Crippen molar-refractivity contribution >= 4 is 11.8 Å². The van der Waals surface area contributed by atoms with Gasteiger partial charge in [0.2, 0.25) is 0 Å². The zero-order chi connectivity index (χ0) is 9.10. The van der Waals surface area contributed by atoms with Crippen LogP contribution >= 0.6 is 11.8 Å². The second-order valence-corrected chi connectivity index (χ2v) is 5.70. The topological polar surface area (TPSA) is 15.3 Å². The van der Waals surface area contributed by atoms with Gasteiger partial charge in [0.25, 0.3) is 0 Å². The number of thioether (sulfide) groups is 1. The maximum Gasteiger partial charge on any atom is 0.0233 e. The summed E-state index contributed by atoms with van der Waals surface area (Å²) in [6.45, 7) is 7.44. The van der Waals surface area contributed by atoms with E-state index in [1.54, 1.807) is 0 Å². The third-order valence-electron chi connectivity index (χ3n) is 3.15. The van der Waals surface area contributed by atoms with Gasteiger partial charge in [-0.15, -0.1) is 0 Å². The minimum atomic E-state index is 0.839. The highest BCUT2D eigenvalue weighted by molar-refractivity contribution is 7.99. The van der Waals surface area contributed by atoms with E-state index in [2.05, 4.69) is 28.9 Å². The van der Waals surface area contributed by atoms with Crippen molar-refractivity contribution in [1.82, 2.24) is 10.2 Å². The van der Waals surface area contributed by atoms with E-state index < -0.39 is 0 Å². The molecule has 0 saturated carbocycles. The summed E-state index contributed by atoms with van der Waals surface area (Å²) in [4.78, 5) is 2.69. The Morgan fingerprint density at radius 1 is 1.31 bits per heavy atom. The third kappa shape index (κ3) is 2.61. The van der Waals surface area contributed by atoms with Crippen LogP contribution in [-0.2, 0) is 0 Å². The second kappa shape index (κ2) is 4.67. The number of nitrogens with zero attached hydrogens (tertiary/aromatic N) is 1. The molecule has 0 radical (unpaired) electrons. The molecule has 0 spiro atoms. The van der Waals surface area contributed by atoms with E-state index in [0.29, 0.717) is 0 Å². The van der Waals surface area contributed by atoms with Gasteiger partial charge in [-0.2, -0.15) is 11.8 Å². The molecular formula is C10H20N2S. The minimum Gasteiger partial charge on any atom is -0.315 e. The first-order valence-corrected chi connectivity index (χ1v) is 6.47. The number of hydrogen-bond acceptors (Lipinski definition) is 3. The molecule has 0 aliphatic carbocycles. The number of hydrogen-bond donors (Lipinski definition) is 1. The van der Waals surface area contributed by atoms with E-state index in [9.17, 15) is 0 Å². The van der Waals surface area contributed by atoms with Crippen molar-refractivity contribution in [2.24, 2.45) is 0 Å². The molecule has 2 fully saturated rings. The van der Waals surface area contributed by atoms with E-state index in [1.807, 2.05) is 0 Å². The summed E-state index contributed by atoms with van der Waals surface area (Å²) < 4.78 is 0. The summed E-state index contributed by atoms with van der Waals surface area (Å²) in [5, 5.41) is 4.33. The molecule has 0 bridgehead atoms. The molecule has 2 atom stereocenters. The predicted octanol–water partition coefficient (Wildman–Crippen LogP) is 1.18. The molecule has 0 amide bonds. The lowest BCUT2D eigenvalue weighted by atomic mass is 10.2. The van der Waals surface area contributed by atoms with Crippen LogP contribution in [0, 0.1) is 0 Å². The molecule has 2 aliphatic rings. The average Bonchev–Trinajstić information content (AvgIpc) is 2.56. The Balaban J connectivity index is 1.84. The molecule has 3 heteroatoms. The second-order valence-electron chi connectivity index (χ2n) is 4.15. The van der Waals surface area contributed by atoms with Crippen LogP contribution in [-0.4, -0.2) is 48.1 Å². The van der Waals surface area contributed by atoms with Gasteiger partial charge < -0.3 is 5.32 Å². The van der Waals surface area contributed by atoms with E-state index in [0.717, 1.165) is 11.3 Å². The largest absolute Gasteiger partial charge is 0.315 e. The Hall–Kier alpha value is 0.270. The molecule has 1 N–H and O–H groups in total. The molecule has 2 aliphatic heterocycles. The van der Waals surface area contributed by atoms with Crippen LogP contribution in [0.15, 0.2) is 0 Å². The van der Waals surface area contributed by atoms with Gasteiger partial charge in [0, 0.05) is 30.1 Å². The zero-order valence-electron chi connectivity index (χ0n) is 8.46. The Labute approximate surface area is 85.4 Å². The molecule has 76 valence electrons. The lowest BCUT2D eigenvalue weighted by Crippen LogP contribution is -2.38. The Morgan fingerprint density at radius 3 is 3.00 bits per heavy atom. The maximum absolute atomic E-state index is 3.45. The molecule has 0 aromatic heterocycles. The summed E-state index contributed by atoms with van der Waals surface area (Å²) in [5.74, 6) is 1.33. The fourth-order valence-electron chi connectivity index (χ4n) is 2.23. The van der Waals surface area contributed by atoms with Crippen LogP contribution in [0.4, 0.5) is 0 Å². The highest BCUT2D eigenvalue weighted by atomic mass is 32.2. The summed E-state index contributed by atoms with van der Waals surface area (Å²) >= 11 is 2.14. The summed E-state index contributed by atoms with van der Waals surface area (Å²) in [6, 6.07) is 0.839. The van der Waals surface area contributed by atoms with Gasteiger partial charge >= 0.3 is 0 Å². The van der Waals surface area contributed by atoms with Crippen LogP contribution < -0.4 is 5.32 Å². The first kappa shape index (κ1) is 9.81. The Bertz CT molecular complexity index is 157. The summed E-state index contributed by atoms with van der Waals surface area (Å²) in [7, 11) is 0. The van der Waals surface area contributed by atoms with Crippen molar-refractivity contribution < 1.29 is 0 Å². The lowest BCUT2D eigenvalue weighted by Gasteiger charge is -2.26. The van der Waals surface area contributed by atoms with Crippen LogP contribution in [0.25, 0.3) is 0 Å². The summed E-state index contributed by atoms with van der Waals surface area (Å²) in [6.07, 6.45) is 2.74. The monoisotopic (exact) mass is 200 g/mol. The van der Waals surface area contributed by atoms with E-state index in [4.69, 9.17) is 0 Å². The van der Waals surface area contributed by atoms with Crippen molar-refractivity contribution in [3.05, 3.63) is 0 Å². The van der Waals surface area contributed by atoms with Crippen LogP contribution in [0.1, 0.15) is 19.8 Å². The quantitative estimate of drug-likeness (QED) is 0.684. The smallest absolute Gasteiger partial charge is 0.0233 e. The van der Waals surface area contributed by atoms with Crippen molar-refractivity contribution in [2.75, 3.05) is 31.9 Å². The fourth-order valence-corrected chi connectivity index (χ4v) is 3.24. The predicted molar refractivity (Wildman–Crippen MR) is 59.4 cm³/mol. The van der Waals surface area contributed by atoms with Crippen molar-refractivity contribution in [2.45, 2.75) is 31.1 Å². The lowest BCUT2D eigenvalue weighted by molar-refractivity contribution is 0.222. The number of rotatable bonds is 1. The van der Waals surface area contributed by atoms with Gasteiger partial charge in [0.15, 0.2) is 0 Å². The molecule has 0 aromatic rings. The molecule has 2 nitrogen and oxygen atoms in total. The first-order valence-electron chi connectivity index (χ1n) is 5.42. The van der Waals surface area contributed by atoms with Crippen LogP contribution in [0.3, 0.4) is 0 Å². The van der Waals surface area contributed by atoms with Gasteiger partial charge in [-0.1, -0.05) is 6.92 Å². The van der Waals surface area contributed by atoms with Crippen molar-refractivity contribution in [3.63, 3.8) is 0 Å². The van der Waals surface area contributed by atoms with E-state index >= 15 is 0 Å². The van der Waals surface area contributed by atoms with E-state index in [-0.39, 0.29) is 0 Å². The molecule has 2 unspecified atom stereocenters. The SMILES string of the molecule is CC1CCN(C2CCNC2)CCS1. The van der Waals surface area contributed by atoms with Gasteiger partial charge in [-0.3, -0.25) is 4.90 Å². The standard InChI is InChI=1S/C10H20N2S/c1-9-3-5-12(6-7-13-9)10-2-4-11-8-10/h9-11H,2-8H2,1H3. The van der Waals surface area contributed by atoms with Gasteiger partial charge in [0.05, 0.1) is 0 Å². The van der Waals surface area contributed by atoms with E-state index in [1.165, 1.54) is 44.8 Å². The summed E-state index contributed by atoms with van der Waals surface area (Å²) in [5.41, 5.74) is 0. The van der Waals surface area contributed by atoms with Crippen LogP contribution in [0.5, 0.6) is 0 Å². The first-order chi connectivity index (χ1) is 6.36. The third-order valence-corrected chi connectivity index (χ3v) is 4.38.